The predicted octanol–water partition coefficient (Wildman–Crippen LogP) is 2.68. The van der Waals surface area contributed by atoms with Gasteiger partial charge in [0.15, 0.2) is 5.78 Å². The number of methoxy groups -OCH3 is 1. The van der Waals surface area contributed by atoms with Crippen LogP contribution < -0.4 is 0 Å². The summed E-state index contributed by atoms with van der Waals surface area (Å²) in [5.74, 6) is 0.520. The van der Waals surface area contributed by atoms with Crippen LogP contribution in [0.15, 0.2) is 48.3 Å². The number of hydrogen-bond donors (Lipinski definition) is 1. The second-order valence-electron chi connectivity index (χ2n) is 3.89. The van der Waals surface area contributed by atoms with E-state index in [0.717, 1.165) is 5.76 Å². The van der Waals surface area contributed by atoms with Gasteiger partial charge in [-0.05, 0) is 30.7 Å². The molecule has 1 aliphatic carbocycles. The average Bonchev–Trinajstić information content (AvgIpc) is 2.39. The molecule has 17 heavy (non-hydrogen) atoms. The molecule has 0 radical (unpaired) electrons. The largest absolute Gasteiger partial charge is 0.507 e. The summed E-state index contributed by atoms with van der Waals surface area (Å²) in [5.41, 5.74) is 0.372. The molecular weight excluding hydrogens is 216 g/mol. The third-order valence-corrected chi connectivity index (χ3v) is 2.81. The van der Waals surface area contributed by atoms with Gasteiger partial charge < -0.3 is 9.84 Å². The molecule has 0 fully saturated rings. The molecule has 1 aromatic rings. The maximum Gasteiger partial charge on any atom is 0.173 e. The number of ether oxygens (including phenoxy) is 1. The molecule has 0 aromatic heterocycles. The lowest BCUT2D eigenvalue weighted by atomic mass is 9.91. The minimum Gasteiger partial charge on any atom is -0.507 e. The van der Waals surface area contributed by atoms with E-state index in [1.165, 1.54) is 6.07 Å². The Labute approximate surface area is 100 Å². The summed E-state index contributed by atoms with van der Waals surface area (Å²) in [5, 5.41) is 9.62. The molecule has 0 spiro atoms. The van der Waals surface area contributed by atoms with Gasteiger partial charge in [-0.15, -0.1) is 0 Å². The second-order valence-corrected chi connectivity index (χ2v) is 3.89. The third-order valence-electron chi connectivity index (χ3n) is 2.81. The fraction of sp³-hybridized carbons (Fsp3) is 0.214. The zero-order chi connectivity index (χ0) is 12.3. The number of benzene rings is 1. The average molecular weight is 230 g/mol. The molecule has 1 atom stereocenters. The lowest BCUT2D eigenvalue weighted by Gasteiger charge is -2.15. The first-order valence-corrected chi connectivity index (χ1v) is 5.47. The van der Waals surface area contributed by atoms with Crippen LogP contribution in [0.2, 0.25) is 0 Å². The number of hydrogen-bond acceptors (Lipinski definition) is 3. The van der Waals surface area contributed by atoms with Gasteiger partial charge in [-0.1, -0.05) is 18.2 Å². The van der Waals surface area contributed by atoms with Crippen LogP contribution in [0.3, 0.4) is 0 Å². The number of aromatic hydroxyl groups is 1. The molecule has 1 aliphatic rings. The summed E-state index contributed by atoms with van der Waals surface area (Å²) in [4.78, 5) is 12.1. The quantitative estimate of drug-likeness (QED) is 0.812. The minimum atomic E-state index is -0.220. The van der Waals surface area contributed by atoms with Crippen molar-refractivity contribution < 1.29 is 14.6 Å². The molecule has 2 rings (SSSR count). The molecule has 0 aliphatic heterocycles. The predicted molar refractivity (Wildman–Crippen MR) is 64.8 cm³/mol. The van der Waals surface area contributed by atoms with Crippen molar-refractivity contribution in [1.82, 2.24) is 0 Å². The van der Waals surface area contributed by atoms with Crippen LogP contribution in [-0.4, -0.2) is 18.0 Å². The summed E-state index contributed by atoms with van der Waals surface area (Å²) >= 11 is 0. The van der Waals surface area contributed by atoms with Gasteiger partial charge in [0.25, 0.3) is 0 Å². The molecule has 1 N–H and O–H groups in total. The van der Waals surface area contributed by atoms with Crippen LogP contribution in [0.25, 0.3) is 0 Å². The standard InChI is InChI=1S/C14H14O3/c1-17-11-8-6-10(7-9-11)14(16)12-4-2-3-5-13(12)15/h2-6,8-10,15H,7H2,1H3. The summed E-state index contributed by atoms with van der Waals surface area (Å²) in [6.07, 6.45) is 6.08. The Bertz CT molecular complexity index is 486. The number of rotatable bonds is 3. The van der Waals surface area contributed by atoms with E-state index in [2.05, 4.69) is 0 Å². The molecule has 0 heterocycles. The highest BCUT2D eigenvalue weighted by Crippen LogP contribution is 2.25. The number of allylic oxidation sites excluding steroid dienone is 3. The van der Waals surface area contributed by atoms with E-state index in [9.17, 15) is 9.90 Å². The Morgan fingerprint density at radius 2 is 2.18 bits per heavy atom. The van der Waals surface area contributed by atoms with Crippen molar-refractivity contribution in [2.24, 2.45) is 5.92 Å². The molecule has 0 saturated carbocycles. The zero-order valence-corrected chi connectivity index (χ0v) is 9.59. The number of ketones is 1. The number of carbonyl (C=O) groups is 1. The highest BCUT2D eigenvalue weighted by molar-refractivity contribution is 6.01. The Morgan fingerprint density at radius 1 is 1.41 bits per heavy atom. The van der Waals surface area contributed by atoms with Crippen LogP contribution in [0.5, 0.6) is 5.75 Å². The van der Waals surface area contributed by atoms with Crippen LogP contribution in [0, 0.1) is 5.92 Å². The second kappa shape index (κ2) is 4.87. The van der Waals surface area contributed by atoms with Gasteiger partial charge in [0.2, 0.25) is 0 Å². The molecule has 3 nitrogen and oxygen atoms in total. The summed E-state index contributed by atoms with van der Waals surface area (Å²) in [6, 6.07) is 6.61. The normalized spacial score (nSPS) is 18.6. The first kappa shape index (κ1) is 11.5. The Balaban J connectivity index is 2.16. The van der Waals surface area contributed by atoms with E-state index in [-0.39, 0.29) is 17.5 Å². The van der Waals surface area contributed by atoms with Crippen molar-refractivity contribution in [3.63, 3.8) is 0 Å². The van der Waals surface area contributed by atoms with E-state index in [1.807, 2.05) is 12.2 Å². The van der Waals surface area contributed by atoms with Crippen molar-refractivity contribution in [2.75, 3.05) is 7.11 Å². The van der Waals surface area contributed by atoms with Crippen molar-refractivity contribution in [2.45, 2.75) is 6.42 Å². The molecular formula is C14H14O3. The molecule has 0 amide bonds. The number of para-hydroxylation sites is 1. The van der Waals surface area contributed by atoms with Crippen LogP contribution >= 0.6 is 0 Å². The van der Waals surface area contributed by atoms with E-state index in [1.54, 1.807) is 31.4 Å². The number of phenolic OH excluding ortho intramolecular Hbond substituents is 1. The SMILES string of the molecule is COC1=CCC(C(=O)c2ccccc2O)C=C1. The van der Waals surface area contributed by atoms with E-state index >= 15 is 0 Å². The van der Waals surface area contributed by atoms with Gasteiger partial charge in [0.05, 0.1) is 12.7 Å². The molecule has 0 saturated heterocycles. The number of Topliss-reactive ketones (excluding diaryl/α,β-unsaturated/α-hetero) is 1. The molecule has 88 valence electrons. The summed E-state index contributed by atoms with van der Waals surface area (Å²) < 4.78 is 5.06. The minimum absolute atomic E-state index is 0.0346. The van der Waals surface area contributed by atoms with Crippen LogP contribution in [0.1, 0.15) is 16.8 Å². The van der Waals surface area contributed by atoms with Gasteiger partial charge in [0, 0.05) is 5.92 Å². The fourth-order valence-electron chi connectivity index (χ4n) is 1.83. The summed E-state index contributed by atoms with van der Waals surface area (Å²) in [6.45, 7) is 0. The number of phenols is 1. The maximum absolute atomic E-state index is 12.1. The van der Waals surface area contributed by atoms with Gasteiger partial charge in [-0.25, -0.2) is 0 Å². The van der Waals surface area contributed by atoms with Crippen molar-refractivity contribution >= 4 is 5.78 Å². The molecule has 0 bridgehead atoms. The van der Waals surface area contributed by atoms with Gasteiger partial charge in [-0.3, -0.25) is 4.79 Å². The topological polar surface area (TPSA) is 46.5 Å². The molecule has 3 heteroatoms. The first-order valence-electron chi connectivity index (χ1n) is 5.47. The van der Waals surface area contributed by atoms with Gasteiger partial charge in [0.1, 0.15) is 11.5 Å². The molecule has 1 aromatic carbocycles. The van der Waals surface area contributed by atoms with Crippen molar-refractivity contribution in [1.29, 1.82) is 0 Å². The molecule has 1 unspecified atom stereocenters. The Morgan fingerprint density at radius 3 is 2.76 bits per heavy atom. The lowest BCUT2D eigenvalue weighted by molar-refractivity contribution is 0.0941. The van der Waals surface area contributed by atoms with E-state index in [4.69, 9.17) is 4.74 Å². The Hall–Kier alpha value is -2.03. The Kier molecular flexibility index (Phi) is 3.28. The van der Waals surface area contributed by atoms with Crippen LogP contribution in [0.4, 0.5) is 0 Å². The fourth-order valence-corrected chi connectivity index (χ4v) is 1.83. The monoisotopic (exact) mass is 230 g/mol. The van der Waals surface area contributed by atoms with E-state index in [0.29, 0.717) is 12.0 Å². The lowest BCUT2D eigenvalue weighted by Crippen LogP contribution is -2.14. The zero-order valence-electron chi connectivity index (χ0n) is 9.59. The van der Waals surface area contributed by atoms with Crippen molar-refractivity contribution in [3.05, 3.63) is 53.8 Å². The smallest absolute Gasteiger partial charge is 0.173 e. The van der Waals surface area contributed by atoms with Crippen LogP contribution in [-0.2, 0) is 4.74 Å². The first-order chi connectivity index (χ1) is 8.22. The maximum atomic E-state index is 12.1. The highest BCUT2D eigenvalue weighted by atomic mass is 16.5. The van der Waals surface area contributed by atoms with E-state index < -0.39 is 0 Å². The van der Waals surface area contributed by atoms with Gasteiger partial charge >= 0.3 is 0 Å². The summed E-state index contributed by atoms with van der Waals surface area (Å²) in [7, 11) is 1.60. The van der Waals surface area contributed by atoms with Crippen molar-refractivity contribution in [3.8, 4) is 5.75 Å². The number of carbonyl (C=O) groups excluding carboxylic acids is 1. The third kappa shape index (κ3) is 2.38. The van der Waals surface area contributed by atoms with Gasteiger partial charge in [-0.2, -0.15) is 0 Å². The highest BCUT2D eigenvalue weighted by Gasteiger charge is 2.21.